The van der Waals surface area contributed by atoms with E-state index in [1.807, 2.05) is 30.3 Å². The van der Waals surface area contributed by atoms with Crippen LogP contribution in [-0.2, 0) is 21.1 Å². The van der Waals surface area contributed by atoms with Gasteiger partial charge in [-0.25, -0.2) is 8.42 Å². The average molecular weight is 312 g/mol. The molecule has 3 N–H and O–H groups in total. The Balaban J connectivity index is 2.65. The van der Waals surface area contributed by atoms with Crippen LogP contribution in [0.25, 0.3) is 0 Å². The fraction of sp³-hybridized carbons (Fsp3) is 0.533. The Kier molecular flexibility index (Phi) is 5.92. The van der Waals surface area contributed by atoms with E-state index in [1.54, 1.807) is 13.8 Å². The SMILES string of the molecule is CC(C)(CNC(=O)C(CN)Cc1ccccc1)S(C)(=O)=O. The molecule has 5 nitrogen and oxygen atoms in total. The van der Waals surface area contributed by atoms with Crippen LogP contribution < -0.4 is 11.1 Å². The smallest absolute Gasteiger partial charge is 0.224 e. The first kappa shape index (κ1) is 17.7. The largest absolute Gasteiger partial charge is 0.354 e. The standard InChI is InChI=1S/C15H24N2O3S/c1-15(2,21(3,19)20)11-17-14(18)13(10-16)9-12-7-5-4-6-8-12/h4-8,13H,9-11,16H2,1-3H3,(H,17,18). The Hall–Kier alpha value is -1.40. The summed E-state index contributed by atoms with van der Waals surface area (Å²) in [5.74, 6) is -0.569. The van der Waals surface area contributed by atoms with Gasteiger partial charge in [-0.3, -0.25) is 4.79 Å². The molecule has 1 rings (SSSR count). The normalized spacial score (nSPS) is 13.7. The molecule has 0 heterocycles. The van der Waals surface area contributed by atoms with Gasteiger partial charge in [-0.05, 0) is 25.8 Å². The number of amides is 1. The van der Waals surface area contributed by atoms with Gasteiger partial charge in [0.1, 0.15) is 0 Å². The summed E-state index contributed by atoms with van der Waals surface area (Å²) in [5.41, 5.74) is 6.70. The summed E-state index contributed by atoms with van der Waals surface area (Å²) in [5, 5.41) is 2.70. The summed E-state index contributed by atoms with van der Waals surface area (Å²) >= 11 is 0. The van der Waals surface area contributed by atoms with E-state index in [0.29, 0.717) is 6.42 Å². The maximum absolute atomic E-state index is 12.2. The van der Waals surface area contributed by atoms with Crippen molar-refractivity contribution in [1.82, 2.24) is 5.32 Å². The van der Waals surface area contributed by atoms with Crippen molar-refractivity contribution >= 4 is 15.7 Å². The van der Waals surface area contributed by atoms with Crippen LogP contribution in [-0.4, -0.2) is 38.4 Å². The van der Waals surface area contributed by atoms with Crippen molar-refractivity contribution in [3.05, 3.63) is 35.9 Å². The number of sulfone groups is 1. The highest BCUT2D eigenvalue weighted by Crippen LogP contribution is 2.14. The first-order valence-corrected chi connectivity index (χ1v) is 8.78. The molecular formula is C15H24N2O3S. The van der Waals surface area contributed by atoms with E-state index in [9.17, 15) is 13.2 Å². The average Bonchev–Trinajstić information content (AvgIpc) is 2.42. The topological polar surface area (TPSA) is 89.3 Å². The van der Waals surface area contributed by atoms with E-state index in [0.717, 1.165) is 5.56 Å². The van der Waals surface area contributed by atoms with E-state index in [2.05, 4.69) is 5.32 Å². The zero-order valence-corrected chi connectivity index (χ0v) is 13.6. The maximum Gasteiger partial charge on any atom is 0.224 e. The van der Waals surface area contributed by atoms with Gasteiger partial charge >= 0.3 is 0 Å². The van der Waals surface area contributed by atoms with Crippen molar-refractivity contribution in [3.8, 4) is 0 Å². The first-order chi connectivity index (χ1) is 9.67. The molecule has 0 aliphatic carbocycles. The predicted molar refractivity (Wildman–Crippen MR) is 84.6 cm³/mol. The molecule has 0 saturated carbocycles. The van der Waals surface area contributed by atoms with E-state index in [1.165, 1.54) is 6.26 Å². The number of carbonyl (C=O) groups is 1. The minimum atomic E-state index is -3.24. The summed E-state index contributed by atoms with van der Waals surface area (Å²) in [6.07, 6.45) is 1.71. The molecule has 1 amide bonds. The summed E-state index contributed by atoms with van der Waals surface area (Å²) in [6.45, 7) is 3.49. The molecule has 1 atom stereocenters. The van der Waals surface area contributed by atoms with Crippen molar-refractivity contribution in [2.24, 2.45) is 11.7 Å². The molecule has 1 aromatic rings. The van der Waals surface area contributed by atoms with Gasteiger partial charge in [0.2, 0.25) is 5.91 Å². The number of nitrogens with two attached hydrogens (primary N) is 1. The second-order valence-corrected chi connectivity index (χ2v) is 8.52. The molecule has 0 aromatic heterocycles. The lowest BCUT2D eigenvalue weighted by Gasteiger charge is -2.24. The Morgan fingerprint density at radius 3 is 2.33 bits per heavy atom. The van der Waals surface area contributed by atoms with Gasteiger partial charge in [0, 0.05) is 19.3 Å². The third kappa shape index (κ3) is 5.13. The Morgan fingerprint density at radius 1 is 1.29 bits per heavy atom. The van der Waals surface area contributed by atoms with Crippen LogP contribution in [0.3, 0.4) is 0 Å². The van der Waals surface area contributed by atoms with Gasteiger partial charge in [-0.2, -0.15) is 0 Å². The molecule has 21 heavy (non-hydrogen) atoms. The molecule has 0 bridgehead atoms. The Bertz CT molecular complexity index is 568. The molecule has 0 aliphatic rings. The summed E-state index contributed by atoms with van der Waals surface area (Å²) < 4.78 is 22.2. The van der Waals surface area contributed by atoms with Gasteiger partial charge in [0.05, 0.1) is 10.7 Å². The zero-order chi connectivity index (χ0) is 16.1. The monoisotopic (exact) mass is 312 g/mol. The lowest BCUT2D eigenvalue weighted by Crippen LogP contribution is -2.46. The molecule has 0 spiro atoms. The van der Waals surface area contributed by atoms with Gasteiger partial charge in [0.25, 0.3) is 0 Å². The molecular weight excluding hydrogens is 288 g/mol. The van der Waals surface area contributed by atoms with Gasteiger partial charge in [0.15, 0.2) is 9.84 Å². The third-order valence-corrected chi connectivity index (χ3v) is 5.82. The zero-order valence-electron chi connectivity index (χ0n) is 12.8. The second kappa shape index (κ2) is 7.04. The van der Waals surface area contributed by atoms with Gasteiger partial charge in [-0.1, -0.05) is 30.3 Å². The van der Waals surface area contributed by atoms with Crippen molar-refractivity contribution in [2.45, 2.75) is 25.0 Å². The minimum Gasteiger partial charge on any atom is -0.354 e. The quantitative estimate of drug-likeness (QED) is 0.777. The molecule has 1 aromatic carbocycles. The fourth-order valence-corrected chi connectivity index (χ4v) is 2.09. The summed E-state index contributed by atoms with van der Waals surface area (Å²) in [7, 11) is -3.24. The Labute approximate surface area is 126 Å². The maximum atomic E-state index is 12.2. The van der Waals surface area contributed by atoms with Crippen LogP contribution in [0.5, 0.6) is 0 Å². The van der Waals surface area contributed by atoms with Crippen LogP contribution in [0.2, 0.25) is 0 Å². The molecule has 0 fully saturated rings. The number of carbonyl (C=O) groups excluding carboxylic acids is 1. The molecule has 0 aliphatic heterocycles. The van der Waals surface area contributed by atoms with Crippen molar-refractivity contribution in [1.29, 1.82) is 0 Å². The summed E-state index contributed by atoms with van der Waals surface area (Å²) in [6, 6.07) is 9.61. The van der Waals surface area contributed by atoms with Crippen molar-refractivity contribution in [2.75, 3.05) is 19.3 Å². The van der Waals surface area contributed by atoms with Crippen LogP contribution in [0.1, 0.15) is 19.4 Å². The van der Waals surface area contributed by atoms with Crippen molar-refractivity contribution in [3.63, 3.8) is 0 Å². The highest BCUT2D eigenvalue weighted by atomic mass is 32.2. The number of hydrogen-bond donors (Lipinski definition) is 2. The lowest BCUT2D eigenvalue weighted by atomic mass is 9.98. The van der Waals surface area contributed by atoms with Crippen LogP contribution in [0.15, 0.2) is 30.3 Å². The van der Waals surface area contributed by atoms with Crippen LogP contribution in [0.4, 0.5) is 0 Å². The van der Waals surface area contributed by atoms with Crippen LogP contribution in [0, 0.1) is 5.92 Å². The van der Waals surface area contributed by atoms with Crippen molar-refractivity contribution < 1.29 is 13.2 Å². The Morgan fingerprint density at radius 2 is 1.86 bits per heavy atom. The van der Waals surface area contributed by atoms with E-state index >= 15 is 0 Å². The third-order valence-electron chi connectivity index (χ3n) is 3.67. The molecule has 1 unspecified atom stereocenters. The number of hydrogen-bond acceptors (Lipinski definition) is 4. The fourth-order valence-electron chi connectivity index (χ4n) is 1.76. The van der Waals surface area contributed by atoms with Gasteiger partial charge < -0.3 is 11.1 Å². The van der Waals surface area contributed by atoms with E-state index < -0.39 is 14.6 Å². The summed E-state index contributed by atoms with van der Waals surface area (Å²) in [4.78, 5) is 12.2. The number of nitrogens with one attached hydrogen (secondary N) is 1. The first-order valence-electron chi connectivity index (χ1n) is 6.88. The molecule has 0 saturated heterocycles. The highest BCUT2D eigenvalue weighted by Gasteiger charge is 2.31. The second-order valence-electron chi connectivity index (χ2n) is 5.87. The van der Waals surface area contributed by atoms with Gasteiger partial charge in [-0.15, -0.1) is 0 Å². The lowest BCUT2D eigenvalue weighted by molar-refractivity contribution is -0.124. The van der Waals surface area contributed by atoms with E-state index in [-0.39, 0.29) is 24.9 Å². The van der Waals surface area contributed by atoms with Crippen LogP contribution >= 0.6 is 0 Å². The predicted octanol–water partition coefficient (Wildman–Crippen LogP) is 0.743. The molecule has 0 radical (unpaired) electrons. The minimum absolute atomic E-state index is 0.0793. The number of rotatable bonds is 7. The highest BCUT2D eigenvalue weighted by molar-refractivity contribution is 7.92. The molecule has 6 heteroatoms. The number of benzene rings is 1. The molecule has 118 valence electrons. The van der Waals surface area contributed by atoms with E-state index in [4.69, 9.17) is 5.73 Å².